The Morgan fingerprint density at radius 2 is 2.36 bits per heavy atom. The van der Waals surface area contributed by atoms with Gasteiger partial charge in [-0.25, -0.2) is 0 Å². The maximum absolute atomic E-state index is 9.31. The van der Waals surface area contributed by atoms with Gasteiger partial charge < -0.3 is 0 Å². The molecular formula is C8H8BINO2P. The van der Waals surface area contributed by atoms with Crippen molar-refractivity contribution in [1.82, 2.24) is 4.67 Å². The van der Waals surface area contributed by atoms with E-state index < -0.39 is 5.03 Å². The molecule has 0 saturated heterocycles. The maximum atomic E-state index is 9.31. The van der Waals surface area contributed by atoms with Crippen LogP contribution >= 0.6 is 27.1 Å². The van der Waals surface area contributed by atoms with Crippen molar-refractivity contribution in [2.24, 2.45) is 0 Å². The first-order chi connectivity index (χ1) is 6.66. The van der Waals surface area contributed by atoms with Gasteiger partial charge in [-0.15, -0.1) is 0 Å². The van der Waals surface area contributed by atoms with Crippen LogP contribution in [0.25, 0.3) is 0 Å². The number of benzene rings is 1. The third kappa shape index (κ3) is 2.10. The predicted octanol–water partition coefficient (Wildman–Crippen LogP) is 2.37. The topological polar surface area (TPSA) is 32.7 Å². The summed E-state index contributed by atoms with van der Waals surface area (Å²) in [5, 5.41) is 8.66. The summed E-state index contributed by atoms with van der Waals surface area (Å²) in [6, 6.07) is 5.13. The molecule has 0 aliphatic carbocycles. The normalized spacial score (nSPS) is 17.2. The first-order valence-corrected chi connectivity index (χ1v) is 8.22. The van der Waals surface area contributed by atoms with Gasteiger partial charge in [0.05, 0.1) is 0 Å². The summed E-state index contributed by atoms with van der Waals surface area (Å²) >= 11 is 2.20. The summed E-state index contributed by atoms with van der Waals surface area (Å²) in [4.78, 5) is 0. The van der Waals surface area contributed by atoms with Gasteiger partial charge in [0.2, 0.25) is 0 Å². The summed E-state index contributed by atoms with van der Waals surface area (Å²) in [5.74, 6) is 1.11. The van der Waals surface area contributed by atoms with Crippen molar-refractivity contribution in [2.45, 2.75) is 6.54 Å². The van der Waals surface area contributed by atoms with Crippen LogP contribution in [-0.2, 0) is 6.54 Å². The first-order valence-electron chi connectivity index (χ1n) is 4.07. The predicted molar refractivity (Wildman–Crippen MR) is 65.8 cm³/mol. The standard InChI is InChI=1S/C8H8BINO2P/c9-14(10)11-4-6-3-7(12)1-2-8(6)13-5-11/h1-3,12H,4-5H2. The Labute approximate surface area is 97.0 Å². The molecule has 72 valence electrons. The number of rotatable bonds is 0. The van der Waals surface area contributed by atoms with Crippen LogP contribution in [0.1, 0.15) is 5.56 Å². The molecule has 1 unspecified atom stereocenters. The van der Waals surface area contributed by atoms with Crippen LogP contribution in [0.3, 0.4) is 0 Å². The van der Waals surface area contributed by atoms with Crippen LogP contribution in [0.2, 0.25) is 0 Å². The zero-order valence-corrected chi connectivity index (χ0v) is 10.4. The Balaban J connectivity index is 2.30. The molecular weight excluding hydrogens is 311 g/mol. The van der Waals surface area contributed by atoms with Gasteiger partial charge in [0.1, 0.15) is 0 Å². The van der Waals surface area contributed by atoms with Crippen molar-refractivity contribution in [3.05, 3.63) is 23.8 Å². The number of phenolic OH excluding ortho intramolecular Hbond substituents is 1. The molecule has 2 rings (SSSR count). The number of phenols is 1. The fourth-order valence-corrected chi connectivity index (χ4v) is 2.63. The number of hydrogen-bond donors (Lipinski definition) is 1. The number of nitrogens with zero attached hydrogens (tertiary/aromatic N) is 1. The van der Waals surface area contributed by atoms with E-state index in [-0.39, 0.29) is 5.75 Å². The van der Waals surface area contributed by atoms with Gasteiger partial charge >= 0.3 is 97.1 Å². The van der Waals surface area contributed by atoms with Crippen LogP contribution in [0.15, 0.2) is 18.2 Å². The van der Waals surface area contributed by atoms with Gasteiger partial charge in [-0.3, -0.25) is 0 Å². The van der Waals surface area contributed by atoms with E-state index in [1.807, 2.05) is 4.67 Å². The van der Waals surface area contributed by atoms with Gasteiger partial charge in [0.15, 0.2) is 0 Å². The molecule has 0 fully saturated rings. The van der Waals surface area contributed by atoms with E-state index in [4.69, 9.17) is 11.7 Å². The van der Waals surface area contributed by atoms with E-state index >= 15 is 0 Å². The van der Waals surface area contributed by atoms with Gasteiger partial charge in [0.25, 0.3) is 0 Å². The van der Waals surface area contributed by atoms with Gasteiger partial charge in [0, 0.05) is 0 Å². The van der Waals surface area contributed by atoms with E-state index in [0.29, 0.717) is 6.73 Å². The molecule has 0 radical (unpaired) electrons. The molecule has 0 saturated carbocycles. The fraction of sp³-hybridized carbons (Fsp3) is 0.250. The summed E-state index contributed by atoms with van der Waals surface area (Å²) in [6.45, 7) is 1.28. The van der Waals surface area contributed by atoms with Crippen molar-refractivity contribution >= 4 is 34.1 Å². The molecule has 1 atom stereocenters. The zero-order valence-electron chi connectivity index (χ0n) is 7.35. The molecule has 0 aromatic heterocycles. The second kappa shape index (κ2) is 4.17. The fourth-order valence-electron chi connectivity index (χ4n) is 1.34. The molecule has 1 heterocycles. The van der Waals surface area contributed by atoms with Crippen molar-refractivity contribution in [3.63, 3.8) is 0 Å². The van der Waals surface area contributed by atoms with E-state index in [0.717, 1.165) is 17.9 Å². The van der Waals surface area contributed by atoms with Gasteiger partial charge in [-0.1, -0.05) is 0 Å². The second-order valence-electron chi connectivity index (χ2n) is 3.02. The SMILES string of the molecule is B#P(I)N1COc2ccc(O)cc2C1. The molecule has 6 heteroatoms. The first kappa shape index (κ1) is 10.4. The van der Waals surface area contributed by atoms with Crippen molar-refractivity contribution < 1.29 is 9.84 Å². The molecule has 0 bridgehead atoms. The average molecular weight is 319 g/mol. The van der Waals surface area contributed by atoms with Crippen LogP contribution in [-0.4, -0.2) is 23.5 Å². The number of aromatic hydroxyl groups is 1. The van der Waals surface area contributed by atoms with Crippen molar-refractivity contribution in [1.29, 1.82) is 0 Å². The van der Waals surface area contributed by atoms with E-state index in [2.05, 4.69) is 22.0 Å². The Kier molecular flexibility index (Phi) is 3.09. The van der Waals surface area contributed by atoms with Crippen LogP contribution in [0.5, 0.6) is 11.5 Å². The molecule has 1 aliphatic rings. The Hall–Kier alpha value is -0.125. The van der Waals surface area contributed by atoms with Gasteiger partial charge in [-0.2, -0.15) is 0 Å². The van der Waals surface area contributed by atoms with Gasteiger partial charge in [-0.05, 0) is 0 Å². The van der Waals surface area contributed by atoms with Crippen molar-refractivity contribution in [3.8, 4) is 11.5 Å². The summed E-state index contributed by atoms with van der Waals surface area (Å²) in [7, 11) is 5.80. The third-order valence-electron chi connectivity index (χ3n) is 2.04. The van der Waals surface area contributed by atoms with Crippen LogP contribution in [0, 0.1) is 0 Å². The summed E-state index contributed by atoms with van der Waals surface area (Å²) < 4.78 is 7.54. The van der Waals surface area contributed by atoms with E-state index in [1.165, 1.54) is 0 Å². The third-order valence-corrected chi connectivity index (χ3v) is 4.66. The van der Waals surface area contributed by atoms with Crippen LogP contribution < -0.4 is 4.74 Å². The molecule has 1 aromatic carbocycles. The molecule has 14 heavy (non-hydrogen) atoms. The quantitative estimate of drug-likeness (QED) is 0.453. The Bertz CT molecular complexity index is 431. The summed E-state index contributed by atoms with van der Waals surface area (Å²) in [6.07, 6.45) is 0. The number of hydrogen-bond acceptors (Lipinski definition) is 3. The summed E-state index contributed by atoms with van der Waals surface area (Å²) in [5.41, 5.74) is 0.992. The molecule has 3 nitrogen and oxygen atoms in total. The van der Waals surface area contributed by atoms with E-state index in [9.17, 15) is 5.11 Å². The molecule has 1 aliphatic heterocycles. The molecule has 0 spiro atoms. The number of halogens is 1. The molecule has 1 aromatic rings. The van der Waals surface area contributed by atoms with E-state index in [1.54, 1.807) is 18.2 Å². The number of ether oxygens (including phenoxy) is 1. The molecule has 0 amide bonds. The minimum absolute atomic E-state index is 0.268. The second-order valence-corrected chi connectivity index (χ2v) is 7.13. The monoisotopic (exact) mass is 319 g/mol. The zero-order chi connectivity index (χ0) is 10.1. The minimum atomic E-state index is -0.656. The molecule has 1 N–H and O–H groups in total. The number of fused-ring (bicyclic) bond motifs is 1. The average Bonchev–Trinajstić information content (AvgIpc) is 2.16. The Morgan fingerprint density at radius 3 is 3.07 bits per heavy atom. The Morgan fingerprint density at radius 1 is 1.57 bits per heavy atom. The van der Waals surface area contributed by atoms with Crippen LogP contribution in [0.4, 0.5) is 0 Å². The van der Waals surface area contributed by atoms with Crippen molar-refractivity contribution in [2.75, 3.05) is 6.73 Å².